The van der Waals surface area contributed by atoms with Gasteiger partial charge in [0.15, 0.2) is 0 Å². The highest BCUT2D eigenvalue weighted by Gasteiger charge is 2.51. The van der Waals surface area contributed by atoms with E-state index in [1.54, 1.807) is 0 Å². The van der Waals surface area contributed by atoms with Crippen LogP contribution in [0.3, 0.4) is 0 Å². The summed E-state index contributed by atoms with van der Waals surface area (Å²) in [5.41, 5.74) is 18.5. The van der Waals surface area contributed by atoms with Crippen LogP contribution >= 0.6 is 0 Å². The topological polar surface area (TPSA) is 25.6 Å². The maximum atomic E-state index is 7.17. The highest BCUT2D eigenvalue weighted by atomic mass is 16.5. The maximum Gasteiger partial charge on any atom is 0.145 e. The Labute approximate surface area is 439 Å². The van der Waals surface area contributed by atoms with Crippen LogP contribution in [-0.4, -0.2) is 0 Å². The second-order valence-corrected chi connectivity index (χ2v) is 20.2. The number of para-hydroxylation sites is 2. The lowest BCUT2D eigenvalue weighted by atomic mass is 9.66. The van der Waals surface area contributed by atoms with Gasteiger partial charge < -0.3 is 14.1 Å². The van der Waals surface area contributed by atoms with Crippen LogP contribution in [0.4, 0.5) is 17.1 Å². The molecule has 0 bridgehead atoms. The molecule has 0 radical (unpaired) electrons. The van der Waals surface area contributed by atoms with Crippen molar-refractivity contribution in [2.75, 3.05) is 4.90 Å². The van der Waals surface area contributed by atoms with Gasteiger partial charge >= 0.3 is 0 Å². The van der Waals surface area contributed by atoms with Gasteiger partial charge in [-0.05, 0) is 138 Å². The van der Waals surface area contributed by atoms with Crippen molar-refractivity contribution in [1.82, 2.24) is 0 Å². The van der Waals surface area contributed by atoms with Crippen LogP contribution in [-0.2, 0) is 5.41 Å². The van der Waals surface area contributed by atoms with Crippen LogP contribution in [0, 0.1) is 0 Å². The van der Waals surface area contributed by atoms with E-state index in [1.807, 2.05) is 0 Å². The first-order chi connectivity index (χ1) is 37.7. The average molecular weight is 968 g/mol. The Balaban J connectivity index is 0.903. The minimum absolute atomic E-state index is 0.550. The number of benzene rings is 13. The molecule has 13 aromatic carbocycles. The second kappa shape index (κ2) is 16.5. The summed E-state index contributed by atoms with van der Waals surface area (Å²) >= 11 is 0. The molecule has 354 valence electrons. The van der Waals surface area contributed by atoms with Crippen LogP contribution < -0.4 is 9.64 Å². The number of fused-ring (bicyclic) bond motifs is 17. The van der Waals surface area contributed by atoms with Gasteiger partial charge in [-0.1, -0.05) is 212 Å². The standard InChI is InChI=1S/C73H45NO2/c1-2-17-46(18-3-1)56-43-44-66(70-60-42-37-47-19-4-7-22-55(47)71(60)76-72(56)70)74(52-40-35-49(36-41-52)61-45-50-20-5-6-21-53(50)57-23-8-9-24-58(57)61)51-38-33-48(34-39-51)54-26-16-30-65-69(54)59-25-10-11-27-62(59)73(65)63-28-12-14-31-67(63)75-68-32-15-13-29-64(68)73/h1-45H. The molecule has 3 heteroatoms. The van der Waals surface area contributed by atoms with Crippen molar-refractivity contribution in [2.45, 2.75) is 5.41 Å². The van der Waals surface area contributed by atoms with E-state index in [9.17, 15) is 0 Å². The number of furan rings is 1. The van der Waals surface area contributed by atoms with Crippen LogP contribution in [0.25, 0.3) is 98.8 Å². The Kier molecular flexibility index (Phi) is 9.25. The van der Waals surface area contributed by atoms with Crippen molar-refractivity contribution in [1.29, 1.82) is 0 Å². The Morgan fingerprint density at radius 2 is 0.855 bits per heavy atom. The summed E-state index contributed by atoms with van der Waals surface area (Å²) in [5, 5.41) is 9.37. The Morgan fingerprint density at radius 1 is 0.303 bits per heavy atom. The Bertz CT molecular complexity index is 4620. The predicted molar refractivity (Wildman–Crippen MR) is 315 cm³/mol. The van der Waals surface area contributed by atoms with Crippen molar-refractivity contribution in [3.63, 3.8) is 0 Å². The molecule has 2 aliphatic rings. The van der Waals surface area contributed by atoms with Gasteiger partial charge in [-0.2, -0.15) is 0 Å². The molecular weight excluding hydrogens is 923 g/mol. The zero-order valence-corrected chi connectivity index (χ0v) is 41.2. The molecule has 14 aromatic rings. The third-order valence-corrected chi connectivity index (χ3v) is 16.3. The van der Waals surface area contributed by atoms with Crippen LogP contribution in [0.2, 0.25) is 0 Å². The van der Waals surface area contributed by atoms with Gasteiger partial charge in [0.05, 0.1) is 16.5 Å². The van der Waals surface area contributed by atoms with Crippen molar-refractivity contribution in [2.24, 2.45) is 0 Å². The van der Waals surface area contributed by atoms with E-state index < -0.39 is 5.41 Å². The lowest BCUT2D eigenvalue weighted by molar-refractivity contribution is 0.436. The van der Waals surface area contributed by atoms with Crippen molar-refractivity contribution in [3.8, 4) is 56.0 Å². The third-order valence-electron chi connectivity index (χ3n) is 16.3. The van der Waals surface area contributed by atoms with Gasteiger partial charge in [0, 0.05) is 38.8 Å². The number of hydrogen-bond acceptors (Lipinski definition) is 3. The summed E-state index contributed by atoms with van der Waals surface area (Å²) in [6.45, 7) is 0. The summed E-state index contributed by atoms with van der Waals surface area (Å²) < 4.78 is 13.8. The number of ether oxygens (including phenoxy) is 1. The molecule has 0 atom stereocenters. The Morgan fingerprint density at radius 3 is 1.59 bits per heavy atom. The normalized spacial score (nSPS) is 12.9. The van der Waals surface area contributed by atoms with Gasteiger partial charge in [-0.25, -0.2) is 0 Å². The molecule has 1 aliphatic heterocycles. The smallest absolute Gasteiger partial charge is 0.145 e. The highest BCUT2D eigenvalue weighted by Crippen LogP contribution is 2.63. The summed E-state index contributed by atoms with van der Waals surface area (Å²) in [7, 11) is 0. The van der Waals surface area contributed by atoms with Gasteiger partial charge in [-0.3, -0.25) is 0 Å². The fraction of sp³-hybridized carbons (Fsp3) is 0.0137. The summed E-state index contributed by atoms with van der Waals surface area (Å²) in [5.74, 6) is 1.78. The Hall–Kier alpha value is -9.96. The molecule has 1 aromatic heterocycles. The van der Waals surface area contributed by atoms with Gasteiger partial charge in [0.2, 0.25) is 0 Å². The molecule has 0 saturated heterocycles. The number of hydrogen-bond donors (Lipinski definition) is 0. The summed E-state index contributed by atoms with van der Waals surface area (Å²) in [4.78, 5) is 2.42. The molecule has 0 N–H and O–H groups in total. The van der Waals surface area contributed by atoms with Crippen molar-refractivity contribution < 1.29 is 9.15 Å². The fourth-order valence-corrected chi connectivity index (χ4v) is 13.1. The van der Waals surface area contributed by atoms with Crippen LogP contribution in [0.1, 0.15) is 22.3 Å². The van der Waals surface area contributed by atoms with Crippen LogP contribution in [0.15, 0.2) is 277 Å². The monoisotopic (exact) mass is 967 g/mol. The second-order valence-electron chi connectivity index (χ2n) is 20.2. The fourth-order valence-electron chi connectivity index (χ4n) is 13.1. The van der Waals surface area contributed by atoms with E-state index in [2.05, 4.69) is 278 Å². The number of nitrogens with zero attached hydrogens (tertiary/aromatic N) is 1. The molecule has 1 aliphatic carbocycles. The molecule has 76 heavy (non-hydrogen) atoms. The lowest BCUT2D eigenvalue weighted by Gasteiger charge is -2.39. The molecule has 1 spiro atoms. The quantitative estimate of drug-likeness (QED) is 0.155. The van der Waals surface area contributed by atoms with E-state index in [0.717, 1.165) is 94.7 Å². The molecule has 3 nitrogen and oxygen atoms in total. The van der Waals surface area contributed by atoms with E-state index in [0.29, 0.717) is 0 Å². The third kappa shape index (κ3) is 6.11. The van der Waals surface area contributed by atoms with Gasteiger partial charge in [0.25, 0.3) is 0 Å². The highest BCUT2D eigenvalue weighted by molar-refractivity contribution is 6.22. The minimum Gasteiger partial charge on any atom is -0.457 e. The largest absolute Gasteiger partial charge is 0.457 e. The van der Waals surface area contributed by atoms with Gasteiger partial charge in [0.1, 0.15) is 22.7 Å². The van der Waals surface area contributed by atoms with E-state index >= 15 is 0 Å². The molecule has 0 fully saturated rings. The average Bonchev–Trinajstić information content (AvgIpc) is 4.17. The maximum absolute atomic E-state index is 7.17. The minimum atomic E-state index is -0.550. The SMILES string of the molecule is c1ccc(-c2ccc(N(c3ccc(-c4cccc5c4-c4ccccc4C54c5ccccc5Oc5ccccc54)cc3)c3ccc(-c4cc5ccccc5c5ccccc45)cc3)c3c2oc2c4ccccc4ccc23)cc1. The molecule has 0 unspecified atom stereocenters. The van der Waals surface area contributed by atoms with E-state index in [1.165, 1.54) is 54.9 Å². The molecule has 0 amide bonds. The zero-order valence-electron chi connectivity index (χ0n) is 41.2. The first-order valence-electron chi connectivity index (χ1n) is 26.1. The molecule has 2 heterocycles. The molecule has 0 saturated carbocycles. The molecular formula is C73H45NO2. The van der Waals surface area contributed by atoms with E-state index in [4.69, 9.17) is 9.15 Å². The number of anilines is 3. The van der Waals surface area contributed by atoms with Crippen molar-refractivity contribution >= 4 is 71.3 Å². The van der Waals surface area contributed by atoms with Crippen molar-refractivity contribution in [3.05, 3.63) is 295 Å². The lowest BCUT2D eigenvalue weighted by Crippen LogP contribution is -2.32. The van der Waals surface area contributed by atoms with Crippen LogP contribution in [0.5, 0.6) is 11.5 Å². The zero-order chi connectivity index (χ0) is 49.9. The summed E-state index contributed by atoms with van der Waals surface area (Å²) in [6.07, 6.45) is 0. The summed E-state index contributed by atoms with van der Waals surface area (Å²) in [6, 6.07) is 99.3. The van der Waals surface area contributed by atoms with E-state index in [-0.39, 0.29) is 0 Å². The first-order valence-corrected chi connectivity index (χ1v) is 26.1. The number of rotatable bonds is 6. The predicted octanol–water partition coefficient (Wildman–Crippen LogP) is 20.0. The van der Waals surface area contributed by atoms with Gasteiger partial charge in [-0.15, -0.1) is 0 Å². The first kappa shape index (κ1) is 42.5. The molecule has 16 rings (SSSR count).